The van der Waals surface area contributed by atoms with Crippen molar-refractivity contribution >= 4 is 11.6 Å². The van der Waals surface area contributed by atoms with Crippen LogP contribution in [0.25, 0.3) is 0 Å². The second-order valence-corrected chi connectivity index (χ2v) is 8.74. The summed E-state index contributed by atoms with van der Waals surface area (Å²) >= 11 is 0. The summed E-state index contributed by atoms with van der Waals surface area (Å²) in [5.41, 5.74) is 5.42. The number of amides is 1. The summed E-state index contributed by atoms with van der Waals surface area (Å²) in [5, 5.41) is 0. The second-order valence-electron chi connectivity index (χ2n) is 8.74. The van der Waals surface area contributed by atoms with Crippen molar-refractivity contribution in [1.29, 1.82) is 0 Å². The third-order valence-electron chi connectivity index (χ3n) is 6.26. The van der Waals surface area contributed by atoms with Crippen molar-refractivity contribution < 1.29 is 9.53 Å². The summed E-state index contributed by atoms with van der Waals surface area (Å²) in [6.45, 7) is 7.08. The van der Waals surface area contributed by atoms with E-state index < -0.39 is 0 Å². The number of aryl methyl sites for hydroxylation is 2. The van der Waals surface area contributed by atoms with Crippen LogP contribution < -0.4 is 9.64 Å². The van der Waals surface area contributed by atoms with Crippen LogP contribution in [0, 0.1) is 13.8 Å². The maximum Gasteiger partial charge on any atom is 0.258 e. The highest BCUT2D eigenvalue weighted by Gasteiger charge is 2.30. The van der Waals surface area contributed by atoms with Gasteiger partial charge in [0.05, 0.1) is 7.11 Å². The number of nitrogens with zero attached hydrogens (tertiary/aromatic N) is 2. The predicted octanol–water partition coefficient (Wildman–Crippen LogP) is 5.62. The first-order chi connectivity index (χ1) is 15.5. The van der Waals surface area contributed by atoms with Gasteiger partial charge in [-0.2, -0.15) is 0 Å². The molecule has 0 spiro atoms. The van der Waals surface area contributed by atoms with E-state index in [9.17, 15) is 4.79 Å². The van der Waals surface area contributed by atoms with Crippen molar-refractivity contribution in [3.8, 4) is 5.75 Å². The lowest BCUT2D eigenvalue weighted by Gasteiger charge is -2.39. The van der Waals surface area contributed by atoms with Gasteiger partial charge < -0.3 is 9.64 Å². The Hall–Kier alpha value is -3.11. The molecule has 0 aromatic heterocycles. The molecule has 1 aliphatic heterocycles. The summed E-state index contributed by atoms with van der Waals surface area (Å²) in [4.78, 5) is 18.1. The molecule has 0 atom stereocenters. The van der Waals surface area contributed by atoms with Crippen LogP contribution in [-0.4, -0.2) is 37.0 Å². The van der Waals surface area contributed by atoms with Gasteiger partial charge >= 0.3 is 0 Å². The summed E-state index contributed by atoms with van der Waals surface area (Å²) in [6, 6.07) is 24.6. The molecular formula is C28H32N2O2. The zero-order valence-electron chi connectivity index (χ0n) is 19.3. The van der Waals surface area contributed by atoms with E-state index in [1.54, 1.807) is 7.11 Å². The highest BCUT2D eigenvalue weighted by molar-refractivity contribution is 6.06. The van der Waals surface area contributed by atoms with Crippen LogP contribution in [0.4, 0.5) is 5.69 Å². The summed E-state index contributed by atoms with van der Waals surface area (Å²) in [5.74, 6) is 0.816. The molecule has 1 saturated heterocycles. The Kier molecular flexibility index (Phi) is 6.91. The zero-order chi connectivity index (χ0) is 22.5. The molecule has 0 unspecified atom stereocenters. The topological polar surface area (TPSA) is 32.8 Å². The molecule has 1 fully saturated rings. The van der Waals surface area contributed by atoms with Crippen LogP contribution in [0.15, 0.2) is 72.8 Å². The van der Waals surface area contributed by atoms with Crippen molar-refractivity contribution in [2.45, 2.75) is 39.3 Å². The van der Waals surface area contributed by atoms with Gasteiger partial charge in [0, 0.05) is 43.0 Å². The largest absolute Gasteiger partial charge is 0.497 e. The standard InChI is InChI=1S/C28H32N2O2/c1-21-10-12-24(13-11-21)28(31)30(26-8-5-9-27(19-26)32-3)25-14-16-29(17-15-25)20-23-7-4-6-22(2)18-23/h4-13,18-19,25H,14-17,20H2,1-3H3. The van der Waals surface area contributed by atoms with E-state index in [1.807, 2.05) is 60.4 Å². The molecule has 1 amide bonds. The molecule has 4 rings (SSSR count). The highest BCUT2D eigenvalue weighted by atomic mass is 16.5. The number of carbonyl (C=O) groups excluding carboxylic acids is 1. The van der Waals surface area contributed by atoms with Gasteiger partial charge in [-0.3, -0.25) is 9.69 Å². The van der Waals surface area contributed by atoms with E-state index in [0.29, 0.717) is 0 Å². The van der Waals surface area contributed by atoms with Gasteiger partial charge in [0.2, 0.25) is 0 Å². The van der Waals surface area contributed by atoms with E-state index in [1.165, 1.54) is 11.1 Å². The number of carbonyl (C=O) groups is 1. The molecule has 166 valence electrons. The zero-order valence-corrected chi connectivity index (χ0v) is 19.3. The van der Waals surface area contributed by atoms with Gasteiger partial charge in [-0.1, -0.05) is 53.6 Å². The minimum atomic E-state index is 0.0513. The molecule has 32 heavy (non-hydrogen) atoms. The van der Waals surface area contributed by atoms with Crippen molar-refractivity contribution in [3.05, 3.63) is 95.1 Å². The van der Waals surface area contributed by atoms with E-state index in [0.717, 1.165) is 55.0 Å². The molecule has 1 aliphatic rings. The molecule has 0 saturated carbocycles. The summed E-state index contributed by atoms with van der Waals surface area (Å²) in [7, 11) is 1.66. The number of benzene rings is 3. The van der Waals surface area contributed by atoms with Crippen LogP contribution in [-0.2, 0) is 6.54 Å². The monoisotopic (exact) mass is 428 g/mol. The normalized spacial score (nSPS) is 14.8. The molecule has 4 nitrogen and oxygen atoms in total. The van der Waals surface area contributed by atoms with Crippen LogP contribution in [0.5, 0.6) is 5.75 Å². The van der Waals surface area contributed by atoms with E-state index in [4.69, 9.17) is 4.74 Å². The molecule has 1 heterocycles. The van der Waals surface area contributed by atoms with E-state index in [2.05, 4.69) is 36.1 Å². The highest BCUT2D eigenvalue weighted by Crippen LogP contribution is 2.29. The number of ether oxygens (including phenoxy) is 1. The first kappa shape index (κ1) is 22.1. The van der Waals surface area contributed by atoms with Crippen LogP contribution in [0.1, 0.15) is 39.9 Å². The quantitative estimate of drug-likeness (QED) is 0.511. The Labute approximate surface area is 191 Å². The number of hydrogen-bond acceptors (Lipinski definition) is 3. The molecule has 3 aromatic carbocycles. The summed E-state index contributed by atoms with van der Waals surface area (Å²) < 4.78 is 5.44. The first-order valence-corrected chi connectivity index (χ1v) is 11.4. The lowest BCUT2D eigenvalue weighted by molar-refractivity contribution is 0.0958. The van der Waals surface area contributed by atoms with E-state index in [-0.39, 0.29) is 11.9 Å². The number of hydrogen-bond donors (Lipinski definition) is 0. The van der Waals surface area contributed by atoms with Crippen molar-refractivity contribution in [2.75, 3.05) is 25.1 Å². The Morgan fingerprint density at radius 2 is 1.66 bits per heavy atom. The number of rotatable bonds is 6. The Morgan fingerprint density at radius 3 is 2.34 bits per heavy atom. The maximum atomic E-state index is 13.6. The minimum Gasteiger partial charge on any atom is -0.497 e. The Morgan fingerprint density at radius 1 is 0.938 bits per heavy atom. The third-order valence-corrected chi connectivity index (χ3v) is 6.26. The first-order valence-electron chi connectivity index (χ1n) is 11.4. The third kappa shape index (κ3) is 5.20. The lowest BCUT2D eigenvalue weighted by atomic mass is 9.99. The van der Waals surface area contributed by atoms with Crippen LogP contribution >= 0.6 is 0 Å². The van der Waals surface area contributed by atoms with Gasteiger partial charge in [0.15, 0.2) is 0 Å². The number of likely N-dealkylation sites (tertiary alicyclic amines) is 1. The van der Waals surface area contributed by atoms with E-state index >= 15 is 0 Å². The molecule has 4 heteroatoms. The second kappa shape index (κ2) is 10.0. The fourth-order valence-electron chi connectivity index (χ4n) is 4.49. The fourth-order valence-corrected chi connectivity index (χ4v) is 4.49. The van der Waals surface area contributed by atoms with Crippen molar-refractivity contribution in [1.82, 2.24) is 4.90 Å². The van der Waals surface area contributed by atoms with Gasteiger partial charge in [0.1, 0.15) is 5.75 Å². The van der Waals surface area contributed by atoms with Gasteiger partial charge in [-0.05, 0) is 56.5 Å². The fraction of sp³-hybridized carbons (Fsp3) is 0.321. The SMILES string of the molecule is COc1cccc(N(C(=O)c2ccc(C)cc2)C2CCN(Cc3cccc(C)c3)CC2)c1. The molecule has 0 aliphatic carbocycles. The molecule has 3 aromatic rings. The van der Waals surface area contributed by atoms with Crippen molar-refractivity contribution in [3.63, 3.8) is 0 Å². The van der Waals surface area contributed by atoms with Gasteiger partial charge in [-0.15, -0.1) is 0 Å². The van der Waals surface area contributed by atoms with Crippen molar-refractivity contribution in [2.24, 2.45) is 0 Å². The Bertz CT molecular complexity index is 1050. The average molecular weight is 429 g/mol. The van der Waals surface area contributed by atoms with Gasteiger partial charge in [-0.25, -0.2) is 0 Å². The van der Waals surface area contributed by atoms with Crippen LogP contribution in [0.3, 0.4) is 0 Å². The average Bonchev–Trinajstić information content (AvgIpc) is 2.81. The number of methoxy groups -OCH3 is 1. The smallest absolute Gasteiger partial charge is 0.258 e. The summed E-state index contributed by atoms with van der Waals surface area (Å²) in [6.07, 6.45) is 1.89. The lowest BCUT2D eigenvalue weighted by Crippen LogP contribution is -2.47. The molecule has 0 radical (unpaired) electrons. The predicted molar refractivity (Wildman–Crippen MR) is 130 cm³/mol. The van der Waals surface area contributed by atoms with Gasteiger partial charge in [0.25, 0.3) is 5.91 Å². The van der Waals surface area contributed by atoms with Crippen LogP contribution in [0.2, 0.25) is 0 Å². The Balaban J connectivity index is 1.53. The number of piperidine rings is 1. The molecular weight excluding hydrogens is 396 g/mol. The maximum absolute atomic E-state index is 13.6. The number of anilines is 1. The molecule has 0 N–H and O–H groups in total. The molecule has 0 bridgehead atoms. The minimum absolute atomic E-state index is 0.0513.